The quantitative estimate of drug-likeness (QED) is 0.778. The Kier molecular flexibility index (Phi) is 2.74. The smallest absolute Gasteiger partial charge is 0.356 e. The number of aromatic carboxylic acids is 1. The summed E-state index contributed by atoms with van der Waals surface area (Å²) in [6, 6.07) is 5.07. The maximum Gasteiger partial charge on any atom is 0.356 e. The maximum absolute atomic E-state index is 11.9. The molecule has 1 saturated heterocycles. The van der Waals surface area contributed by atoms with E-state index in [9.17, 15) is 19.5 Å². The van der Waals surface area contributed by atoms with Crippen molar-refractivity contribution in [3.63, 3.8) is 0 Å². The molecule has 1 unspecified atom stereocenters. The molecule has 0 spiro atoms. The average Bonchev–Trinajstić information content (AvgIpc) is 2.78. The molecule has 2 N–H and O–H groups in total. The van der Waals surface area contributed by atoms with Gasteiger partial charge in [0.15, 0.2) is 5.69 Å². The number of rotatable bonds is 2. The molecule has 1 aliphatic heterocycles. The van der Waals surface area contributed by atoms with Crippen LogP contribution in [-0.4, -0.2) is 32.3 Å². The maximum atomic E-state index is 11.9. The van der Waals surface area contributed by atoms with Gasteiger partial charge >= 0.3 is 5.97 Å². The fraction of sp³-hybridized carbons (Fsp3) is 0.231. The number of carbonyl (C=O) groups is 3. The van der Waals surface area contributed by atoms with Gasteiger partial charge in [-0.05, 0) is 18.6 Å². The van der Waals surface area contributed by atoms with Gasteiger partial charge in [0, 0.05) is 12.6 Å². The molecule has 1 atom stereocenters. The summed E-state index contributed by atoms with van der Waals surface area (Å²) in [5.41, 5.74) is 0.338. The lowest BCUT2D eigenvalue weighted by molar-refractivity contribution is -0.134. The number of hydrogen-bond donors (Lipinski definition) is 2. The highest BCUT2D eigenvalue weighted by Gasteiger charge is 2.32. The Bertz CT molecular complexity index is 734. The minimum atomic E-state index is -1.15. The van der Waals surface area contributed by atoms with Crippen molar-refractivity contribution in [3.8, 4) is 0 Å². The number of nitrogens with one attached hydrogen (secondary N) is 1. The first-order chi connectivity index (χ1) is 9.58. The molecular weight excluding hydrogens is 262 g/mol. The summed E-state index contributed by atoms with van der Waals surface area (Å²) in [7, 11) is 0. The van der Waals surface area contributed by atoms with Crippen LogP contribution >= 0.6 is 0 Å². The molecule has 3 rings (SSSR count). The Hall–Kier alpha value is -2.70. The van der Waals surface area contributed by atoms with E-state index in [-0.39, 0.29) is 18.0 Å². The van der Waals surface area contributed by atoms with Crippen LogP contribution in [0.4, 0.5) is 0 Å². The summed E-state index contributed by atoms with van der Waals surface area (Å²) in [4.78, 5) is 38.4. The molecule has 7 heteroatoms. The molecule has 0 radical (unpaired) electrons. The SMILES string of the molecule is O=C1CCC(c2nc(C(=O)O)c3ccccn23)C(=O)N1. The van der Waals surface area contributed by atoms with Gasteiger partial charge in [0.2, 0.25) is 11.8 Å². The van der Waals surface area contributed by atoms with Gasteiger partial charge in [-0.15, -0.1) is 0 Å². The van der Waals surface area contributed by atoms with Gasteiger partial charge in [0.25, 0.3) is 0 Å². The van der Waals surface area contributed by atoms with Crippen LogP contribution < -0.4 is 5.32 Å². The predicted molar refractivity (Wildman–Crippen MR) is 67.3 cm³/mol. The summed E-state index contributed by atoms with van der Waals surface area (Å²) in [6.07, 6.45) is 2.21. The summed E-state index contributed by atoms with van der Waals surface area (Å²) in [5.74, 6) is -2.16. The first kappa shape index (κ1) is 12.3. The molecule has 0 bridgehead atoms. The van der Waals surface area contributed by atoms with Gasteiger partial charge in [-0.2, -0.15) is 0 Å². The molecule has 3 heterocycles. The number of hydrogen-bond acceptors (Lipinski definition) is 4. The monoisotopic (exact) mass is 273 g/mol. The Labute approximate surface area is 113 Å². The van der Waals surface area contributed by atoms with E-state index in [0.29, 0.717) is 17.8 Å². The highest BCUT2D eigenvalue weighted by molar-refractivity contribution is 6.01. The molecule has 7 nitrogen and oxygen atoms in total. The first-order valence-corrected chi connectivity index (χ1v) is 6.12. The van der Waals surface area contributed by atoms with Crippen molar-refractivity contribution >= 4 is 23.3 Å². The van der Waals surface area contributed by atoms with Crippen LogP contribution in [0, 0.1) is 0 Å². The van der Waals surface area contributed by atoms with E-state index in [4.69, 9.17) is 0 Å². The number of pyridine rings is 1. The van der Waals surface area contributed by atoms with Gasteiger partial charge in [0.1, 0.15) is 5.82 Å². The van der Waals surface area contributed by atoms with Gasteiger partial charge in [0.05, 0.1) is 11.4 Å². The highest BCUT2D eigenvalue weighted by Crippen LogP contribution is 2.26. The molecule has 20 heavy (non-hydrogen) atoms. The van der Waals surface area contributed by atoms with Crippen molar-refractivity contribution in [3.05, 3.63) is 35.9 Å². The van der Waals surface area contributed by atoms with Crippen molar-refractivity contribution in [2.75, 3.05) is 0 Å². The summed E-state index contributed by atoms with van der Waals surface area (Å²) < 4.78 is 1.59. The fourth-order valence-electron chi connectivity index (χ4n) is 2.40. The molecule has 1 aliphatic rings. The van der Waals surface area contributed by atoms with Crippen LogP contribution in [0.2, 0.25) is 0 Å². The van der Waals surface area contributed by atoms with E-state index < -0.39 is 17.8 Å². The van der Waals surface area contributed by atoms with Crippen LogP contribution in [0.15, 0.2) is 24.4 Å². The van der Waals surface area contributed by atoms with Crippen LogP contribution in [0.1, 0.15) is 35.1 Å². The molecule has 0 aromatic carbocycles. The summed E-state index contributed by atoms with van der Waals surface area (Å²) >= 11 is 0. The van der Waals surface area contributed by atoms with Crippen molar-refractivity contribution in [1.29, 1.82) is 0 Å². The van der Waals surface area contributed by atoms with E-state index in [1.807, 2.05) is 0 Å². The number of imide groups is 1. The van der Waals surface area contributed by atoms with Crippen molar-refractivity contribution < 1.29 is 19.5 Å². The topological polar surface area (TPSA) is 101 Å². The lowest BCUT2D eigenvalue weighted by Crippen LogP contribution is -2.40. The van der Waals surface area contributed by atoms with E-state index >= 15 is 0 Å². The second-order valence-electron chi connectivity index (χ2n) is 4.58. The molecule has 0 saturated carbocycles. The molecule has 2 amide bonds. The zero-order chi connectivity index (χ0) is 14.3. The number of piperidine rings is 1. The van der Waals surface area contributed by atoms with E-state index in [2.05, 4.69) is 10.3 Å². The molecule has 0 aliphatic carbocycles. The number of imidazole rings is 1. The van der Waals surface area contributed by atoms with Gasteiger partial charge < -0.3 is 9.51 Å². The van der Waals surface area contributed by atoms with Gasteiger partial charge in [-0.25, -0.2) is 9.78 Å². The second kappa shape index (κ2) is 4.44. The molecule has 2 aromatic rings. The Morgan fingerprint density at radius 1 is 1.40 bits per heavy atom. The summed E-state index contributed by atoms with van der Waals surface area (Å²) in [6.45, 7) is 0. The molecule has 102 valence electrons. The number of amides is 2. The summed E-state index contributed by atoms with van der Waals surface area (Å²) in [5, 5.41) is 11.4. The minimum Gasteiger partial charge on any atom is -0.476 e. The molecule has 2 aromatic heterocycles. The third kappa shape index (κ3) is 1.83. The highest BCUT2D eigenvalue weighted by atomic mass is 16.4. The number of nitrogens with zero attached hydrogens (tertiary/aromatic N) is 2. The van der Waals surface area contributed by atoms with Crippen molar-refractivity contribution in [2.24, 2.45) is 0 Å². The van der Waals surface area contributed by atoms with Gasteiger partial charge in [-0.1, -0.05) is 6.07 Å². The molecular formula is C13H11N3O4. The van der Waals surface area contributed by atoms with Gasteiger partial charge in [-0.3, -0.25) is 14.9 Å². The van der Waals surface area contributed by atoms with E-state index in [1.165, 1.54) is 0 Å². The Morgan fingerprint density at radius 3 is 2.90 bits per heavy atom. The lowest BCUT2D eigenvalue weighted by atomic mass is 9.97. The van der Waals surface area contributed by atoms with Crippen molar-refractivity contribution in [2.45, 2.75) is 18.8 Å². The van der Waals surface area contributed by atoms with E-state index in [0.717, 1.165) is 0 Å². The zero-order valence-electron chi connectivity index (χ0n) is 10.4. The number of carboxylic acids is 1. The standard InChI is InChI=1S/C13H11N3O4/c17-9-5-4-7(12(18)14-9)11-15-10(13(19)20)8-3-1-2-6-16(8)11/h1-3,6-7H,4-5H2,(H,19,20)(H,14,17,18). The van der Waals surface area contributed by atoms with E-state index in [1.54, 1.807) is 28.8 Å². The Balaban J connectivity index is 2.14. The third-order valence-corrected chi connectivity index (χ3v) is 3.33. The lowest BCUT2D eigenvalue weighted by Gasteiger charge is -2.19. The average molecular weight is 273 g/mol. The van der Waals surface area contributed by atoms with Crippen LogP contribution in [0.3, 0.4) is 0 Å². The Morgan fingerprint density at radius 2 is 2.20 bits per heavy atom. The van der Waals surface area contributed by atoms with Crippen LogP contribution in [0.25, 0.3) is 5.52 Å². The first-order valence-electron chi connectivity index (χ1n) is 6.12. The fourth-order valence-corrected chi connectivity index (χ4v) is 2.40. The zero-order valence-corrected chi connectivity index (χ0v) is 10.4. The van der Waals surface area contributed by atoms with Crippen molar-refractivity contribution in [1.82, 2.24) is 14.7 Å². The largest absolute Gasteiger partial charge is 0.476 e. The molecule has 1 fully saturated rings. The number of fused-ring (bicyclic) bond motifs is 1. The normalized spacial score (nSPS) is 19.1. The minimum absolute atomic E-state index is 0.0923. The predicted octanol–water partition coefficient (Wildman–Crippen LogP) is 0.553. The number of carbonyl (C=O) groups excluding carboxylic acids is 2. The number of carboxylic acid groups (broad SMARTS) is 1. The third-order valence-electron chi connectivity index (χ3n) is 3.33. The van der Waals surface area contributed by atoms with Crippen LogP contribution in [0.5, 0.6) is 0 Å². The van der Waals surface area contributed by atoms with Crippen LogP contribution in [-0.2, 0) is 9.59 Å². The second-order valence-corrected chi connectivity index (χ2v) is 4.58. The number of aromatic nitrogens is 2.